The smallest absolute Gasteiger partial charge is 0.0842 e. The summed E-state index contributed by atoms with van der Waals surface area (Å²) in [5.74, 6) is 0. The Morgan fingerprint density at radius 1 is 1.35 bits per heavy atom. The molecule has 0 saturated heterocycles. The number of hydrogen-bond donors (Lipinski definition) is 1. The number of halogens is 2. The Kier molecular flexibility index (Phi) is 4.15. The highest BCUT2D eigenvalue weighted by Crippen LogP contribution is 2.28. The topological polar surface area (TPSA) is 33.1 Å². The van der Waals surface area contributed by atoms with Gasteiger partial charge in [0.05, 0.1) is 6.10 Å². The Morgan fingerprint density at radius 2 is 2.18 bits per heavy atom. The van der Waals surface area contributed by atoms with Crippen LogP contribution in [0.25, 0.3) is 0 Å². The minimum atomic E-state index is -0.590. The molecule has 0 radical (unpaired) electrons. The van der Waals surface area contributed by atoms with E-state index in [1.54, 1.807) is 24.5 Å². The number of rotatable bonds is 3. The maximum Gasteiger partial charge on any atom is 0.0842 e. The molecular formula is C13H11BrClNO. The van der Waals surface area contributed by atoms with Crippen molar-refractivity contribution in [2.24, 2.45) is 0 Å². The van der Waals surface area contributed by atoms with Crippen molar-refractivity contribution in [1.29, 1.82) is 0 Å². The fourth-order valence-corrected chi connectivity index (χ4v) is 2.31. The van der Waals surface area contributed by atoms with Crippen molar-refractivity contribution in [2.75, 3.05) is 0 Å². The van der Waals surface area contributed by atoms with Crippen LogP contribution in [0.5, 0.6) is 0 Å². The minimum Gasteiger partial charge on any atom is -0.388 e. The third kappa shape index (κ3) is 3.28. The van der Waals surface area contributed by atoms with Crippen LogP contribution >= 0.6 is 27.5 Å². The molecule has 1 N–H and O–H groups in total. The normalized spacial score (nSPS) is 12.4. The molecule has 1 unspecified atom stereocenters. The number of aliphatic hydroxyl groups excluding tert-OH is 1. The second-order valence-electron chi connectivity index (χ2n) is 3.75. The zero-order chi connectivity index (χ0) is 12.3. The molecule has 1 aromatic carbocycles. The number of aliphatic hydroxyl groups is 1. The van der Waals surface area contributed by atoms with Gasteiger partial charge >= 0.3 is 0 Å². The van der Waals surface area contributed by atoms with Crippen molar-refractivity contribution >= 4 is 27.5 Å². The number of nitrogens with zero attached hydrogens (tertiary/aromatic N) is 1. The van der Waals surface area contributed by atoms with Gasteiger partial charge in [-0.05, 0) is 35.4 Å². The van der Waals surface area contributed by atoms with Crippen LogP contribution in [0.1, 0.15) is 17.2 Å². The van der Waals surface area contributed by atoms with Crippen LogP contribution in [-0.2, 0) is 6.42 Å². The summed E-state index contributed by atoms with van der Waals surface area (Å²) in [6.07, 6.45) is 3.40. The molecule has 0 aliphatic heterocycles. The molecule has 0 amide bonds. The Labute approximate surface area is 113 Å². The fourth-order valence-electron chi connectivity index (χ4n) is 1.62. The molecule has 1 aromatic heterocycles. The summed E-state index contributed by atoms with van der Waals surface area (Å²) >= 11 is 9.33. The van der Waals surface area contributed by atoms with Gasteiger partial charge in [-0.1, -0.05) is 33.6 Å². The first-order valence-electron chi connectivity index (χ1n) is 5.19. The molecule has 0 aliphatic carbocycles. The molecule has 17 heavy (non-hydrogen) atoms. The Balaban J connectivity index is 2.20. The summed E-state index contributed by atoms with van der Waals surface area (Å²) in [6, 6.07) is 9.19. The average Bonchev–Trinajstić information content (AvgIpc) is 2.33. The Bertz CT molecular complexity index is 504. The van der Waals surface area contributed by atoms with Gasteiger partial charge in [-0.2, -0.15) is 0 Å². The Morgan fingerprint density at radius 3 is 2.88 bits per heavy atom. The predicted molar refractivity (Wildman–Crippen MR) is 72.1 cm³/mol. The molecule has 0 spiro atoms. The van der Waals surface area contributed by atoms with E-state index in [-0.39, 0.29) is 0 Å². The molecule has 1 heterocycles. The number of aromatic nitrogens is 1. The lowest BCUT2D eigenvalue weighted by Crippen LogP contribution is -2.03. The molecule has 0 fully saturated rings. The lowest BCUT2D eigenvalue weighted by atomic mass is 10.0. The van der Waals surface area contributed by atoms with E-state index in [1.807, 2.05) is 18.2 Å². The van der Waals surface area contributed by atoms with Gasteiger partial charge in [0.15, 0.2) is 0 Å². The maximum absolute atomic E-state index is 10.2. The predicted octanol–water partition coefficient (Wildman–Crippen LogP) is 3.77. The average molecular weight is 313 g/mol. The minimum absolute atomic E-state index is 0.521. The molecular weight excluding hydrogens is 302 g/mol. The van der Waals surface area contributed by atoms with Crippen LogP contribution in [0.4, 0.5) is 0 Å². The van der Waals surface area contributed by atoms with Crippen LogP contribution in [-0.4, -0.2) is 10.1 Å². The highest BCUT2D eigenvalue weighted by Gasteiger charge is 2.12. The SMILES string of the molecule is OC(Cc1cccnc1)c1cc(Cl)ccc1Br. The van der Waals surface area contributed by atoms with Gasteiger partial charge in [0.2, 0.25) is 0 Å². The third-order valence-corrected chi connectivity index (χ3v) is 3.43. The monoisotopic (exact) mass is 311 g/mol. The second-order valence-corrected chi connectivity index (χ2v) is 5.04. The van der Waals surface area contributed by atoms with Crippen molar-refractivity contribution < 1.29 is 5.11 Å². The number of pyridine rings is 1. The molecule has 2 aromatic rings. The first-order chi connectivity index (χ1) is 8.16. The van der Waals surface area contributed by atoms with Crippen LogP contribution in [0, 0.1) is 0 Å². The van der Waals surface area contributed by atoms with E-state index in [0.717, 1.165) is 15.6 Å². The van der Waals surface area contributed by atoms with Gasteiger partial charge in [0, 0.05) is 28.3 Å². The fraction of sp³-hybridized carbons (Fsp3) is 0.154. The molecule has 2 rings (SSSR count). The van der Waals surface area contributed by atoms with Crippen molar-refractivity contribution in [3.63, 3.8) is 0 Å². The molecule has 88 valence electrons. The first kappa shape index (κ1) is 12.6. The Hall–Kier alpha value is -0.900. The summed E-state index contributed by atoms with van der Waals surface area (Å²) in [5, 5.41) is 10.8. The van der Waals surface area contributed by atoms with Crippen LogP contribution in [0.15, 0.2) is 47.2 Å². The summed E-state index contributed by atoms with van der Waals surface area (Å²) < 4.78 is 0.860. The quantitative estimate of drug-likeness (QED) is 0.936. The highest BCUT2D eigenvalue weighted by molar-refractivity contribution is 9.10. The van der Waals surface area contributed by atoms with E-state index in [1.165, 1.54) is 0 Å². The van der Waals surface area contributed by atoms with E-state index in [4.69, 9.17) is 11.6 Å². The molecule has 4 heteroatoms. The molecule has 0 aliphatic rings. The second kappa shape index (κ2) is 5.63. The number of benzene rings is 1. The maximum atomic E-state index is 10.2. The highest BCUT2D eigenvalue weighted by atomic mass is 79.9. The van der Waals surface area contributed by atoms with Crippen molar-refractivity contribution in [2.45, 2.75) is 12.5 Å². The van der Waals surface area contributed by atoms with Crippen molar-refractivity contribution in [3.05, 3.63) is 63.3 Å². The summed E-state index contributed by atoms with van der Waals surface area (Å²) in [6.45, 7) is 0. The van der Waals surface area contributed by atoms with Crippen LogP contribution in [0.3, 0.4) is 0 Å². The zero-order valence-electron chi connectivity index (χ0n) is 8.98. The molecule has 0 bridgehead atoms. The van der Waals surface area contributed by atoms with E-state index in [2.05, 4.69) is 20.9 Å². The zero-order valence-corrected chi connectivity index (χ0v) is 11.3. The van der Waals surface area contributed by atoms with Gasteiger partial charge in [0.25, 0.3) is 0 Å². The van der Waals surface area contributed by atoms with Gasteiger partial charge in [0.1, 0.15) is 0 Å². The van der Waals surface area contributed by atoms with Crippen molar-refractivity contribution in [1.82, 2.24) is 4.98 Å². The van der Waals surface area contributed by atoms with Crippen LogP contribution in [0.2, 0.25) is 5.02 Å². The summed E-state index contributed by atoms with van der Waals surface area (Å²) in [4.78, 5) is 4.02. The van der Waals surface area contributed by atoms with Crippen molar-refractivity contribution in [3.8, 4) is 0 Å². The summed E-state index contributed by atoms with van der Waals surface area (Å²) in [7, 11) is 0. The first-order valence-corrected chi connectivity index (χ1v) is 6.36. The molecule has 2 nitrogen and oxygen atoms in total. The largest absolute Gasteiger partial charge is 0.388 e. The van der Waals surface area contributed by atoms with Gasteiger partial charge in [-0.25, -0.2) is 0 Å². The van der Waals surface area contributed by atoms with Gasteiger partial charge < -0.3 is 5.11 Å². The molecule has 1 atom stereocenters. The standard InChI is InChI=1S/C13H11BrClNO/c14-12-4-3-10(15)7-11(12)13(17)6-9-2-1-5-16-8-9/h1-5,7-8,13,17H,6H2. The van der Waals surface area contributed by atoms with E-state index in [9.17, 15) is 5.11 Å². The lowest BCUT2D eigenvalue weighted by Gasteiger charge is -2.13. The third-order valence-electron chi connectivity index (χ3n) is 2.47. The van der Waals surface area contributed by atoms with Crippen LogP contribution < -0.4 is 0 Å². The number of hydrogen-bond acceptors (Lipinski definition) is 2. The molecule has 0 saturated carbocycles. The van der Waals surface area contributed by atoms with Gasteiger partial charge in [-0.15, -0.1) is 0 Å². The van der Waals surface area contributed by atoms with E-state index < -0.39 is 6.10 Å². The van der Waals surface area contributed by atoms with Gasteiger partial charge in [-0.3, -0.25) is 4.98 Å². The summed E-state index contributed by atoms with van der Waals surface area (Å²) in [5.41, 5.74) is 1.79. The van der Waals surface area contributed by atoms with E-state index >= 15 is 0 Å². The lowest BCUT2D eigenvalue weighted by molar-refractivity contribution is 0.177. The van der Waals surface area contributed by atoms with E-state index in [0.29, 0.717) is 11.4 Å².